The van der Waals surface area contributed by atoms with Crippen molar-refractivity contribution in [3.05, 3.63) is 0 Å². The van der Waals surface area contributed by atoms with E-state index in [0.29, 0.717) is 13.1 Å². The van der Waals surface area contributed by atoms with Gasteiger partial charge in [-0.3, -0.25) is 4.90 Å². The summed E-state index contributed by atoms with van der Waals surface area (Å²) >= 11 is 0. The van der Waals surface area contributed by atoms with Gasteiger partial charge in [0.05, 0.1) is 12.2 Å². The number of likely N-dealkylation sites (tertiary alicyclic amines) is 1. The first-order valence-corrected chi connectivity index (χ1v) is 6.86. The molecule has 4 heteroatoms. The Kier molecular flexibility index (Phi) is 5.86. The maximum absolute atomic E-state index is 9.58. The van der Waals surface area contributed by atoms with Gasteiger partial charge in [-0.2, -0.15) is 0 Å². The van der Waals surface area contributed by atoms with Crippen molar-refractivity contribution in [2.75, 3.05) is 32.7 Å². The second kappa shape index (κ2) is 6.69. The van der Waals surface area contributed by atoms with Crippen LogP contribution in [0.25, 0.3) is 0 Å². The molecule has 1 heterocycles. The molecule has 0 aliphatic carbocycles. The van der Waals surface area contributed by atoms with E-state index >= 15 is 0 Å². The van der Waals surface area contributed by atoms with Crippen LogP contribution in [-0.4, -0.2) is 60.0 Å². The average Bonchev–Trinajstić information content (AvgIpc) is 2.64. The first-order valence-electron chi connectivity index (χ1n) is 6.86. The van der Waals surface area contributed by atoms with E-state index in [1.165, 1.54) is 0 Å². The van der Waals surface area contributed by atoms with Crippen molar-refractivity contribution in [1.82, 2.24) is 10.2 Å². The van der Waals surface area contributed by atoms with Crippen molar-refractivity contribution in [3.63, 3.8) is 0 Å². The van der Waals surface area contributed by atoms with Crippen molar-refractivity contribution in [1.29, 1.82) is 0 Å². The summed E-state index contributed by atoms with van der Waals surface area (Å²) in [5.74, 6) is 0. The fourth-order valence-corrected chi connectivity index (χ4v) is 2.62. The fourth-order valence-electron chi connectivity index (χ4n) is 2.62. The maximum atomic E-state index is 9.58. The van der Waals surface area contributed by atoms with Crippen molar-refractivity contribution in [2.45, 2.75) is 45.8 Å². The lowest BCUT2D eigenvalue weighted by Gasteiger charge is -2.36. The summed E-state index contributed by atoms with van der Waals surface area (Å²) in [6.07, 6.45) is 1.11. The van der Waals surface area contributed by atoms with E-state index in [0.717, 1.165) is 32.5 Å². The molecule has 4 nitrogen and oxygen atoms in total. The van der Waals surface area contributed by atoms with E-state index in [1.807, 2.05) is 0 Å². The molecule has 0 radical (unpaired) electrons. The number of aliphatic hydroxyl groups excluding tert-OH is 2. The number of hydrogen-bond acceptors (Lipinski definition) is 4. The Labute approximate surface area is 105 Å². The lowest BCUT2D eigenvalue weighted by molar-refractivity contribution is 0.0572. The van der Waals surface area contributed by atoms with Gasteiger partial charge < -0.3 is 15.5 Å². The SMILES string of the molecule is CCNCC(CC)(CC)CN1CC(O)C(O)C1. The van der Waals surface area contributed by atoms with Gasteiger partial charge in [0.2, 0.25) is 0 Å². The van der Waals surface area contributed by atoms with Crippen LogP contribution in [0.5, 0.6) is 0 Å². The Morgan fingerprint density at radius 2 is 1.65 bits per heavy atom. The Hall–Kier alpha value is -0.160. The molecular formula is C13H28N2O2. The molecule has 2 unspecified atom stereocenters. The molecule has 0 saturated carbocycles. The van der Waals surface area contributed by atoms with Gasteiger partial charge in [0, 0.05) is 26.2 Å². The van der Waals surface area contributed by atoms with E-state index < -0.39 is 12.2 Å². The molecular weight excluding hydrogens is 216 g/mol. The molecule has 0 amide bonds. The summed E-state index contributed by atoms with van der Waals surface area (Å²) in [4.78, 5) is 2.19. The molecule has 1 rings (SSSR count). The predicted molar refractivity (Wildman–Crippen MR) is 70.0 cm³/mol. The van der Waals surface area contributed by atoms with E-state index in [-0.39, 0.29) is 5.41 Å². The van der Waals surface area contributed by atoms with Gasteiger partial charge >= 0.3 is 0 Å². The number of hydrogen-bond donors (Lipinski definition) is 3. The molecule has 102 valence electrons. The third-order valence-corrected chi connectivity index (χ3v) is 4.14. The van der Waals surface area contributed by atoms with Crippen molar-refractivity contribution < 1.29 is 10.2 Å². The minimum atomic E-state index is -0.569. The molecule has 0 aromatic carbocycles. The lowest BCUT2D eigenvalue weighted by Crippen LogP contribution is -2.43. The minimum absolute atomic E-state index is 0.264. The minimum Gasteiger partial charge on any atom is -0.389 e. The van der Waals surface area contributed by atoms with Crippen molar-refractivity contribution >= 4 is 0 Å². The summed E-state index contributed by atoms with van der Waals surface area (Å²) in [6.45, 7) is 10.8. The van der Waals surface area contributed by atoms with Crippen LogP contribution in [0.4, 0.5) is 0 Å². The van der Waals surface area contributed by atoms with Gasteiger partial charge in [-0.1, -0.05) is 20.8 Å². The molecule has 1 aliphatic rings. The van der Waals surface area contributed by atoms with Crippen LogP contribution in [0, 0.1) is 5.41 Å². The monoisotopic (exact) mass is 244 g/mol. The molecule has 0 aromatic heterocycles. The van der Waals surface area contributed by atoms with Crippen LogP contribution in [0.2, 0.25) is 0 Å². The van der Waals surface area contributed by atoms with E-state index in [2.05, 4.69) is 31.0 Å². The van der Waals surface area contributed by atoms with Gasteiger partial charge in [-0.15, -0.1) is 0 Å². The van der Waals surface area contributed by atoms with Crippen molar-refractivity contribution in [3.8, 4) is 0 Å². The van der Waals surface area contributed by atoms with Crippen LogP contribution in [0.15, 0.2) is 0 Å². The van der Waals surface area contributed by atoms with Gasteiger partial charge in [0.15, 0.2) is 0 Å². The van der Waals surface area contributed by atoms with Crippen LogP contribution in [-0.2, 0) is 0 Å². The zero-order valence-electron chi connectivity index (χ0n) is 11.4. The van der Waals surface area contributed by atoms with E-state index in [1.54, 1.807) is 0 Å². The molecule has 3 N–H and O–H groups in total. The average molecular weight is 244 g/mol. The van der Waals surface area contributed by atoms with E-state index in [9.17, 15) is 10.2 Å². The molecule has 0 aromatic rings. The third kappa shape index (κ3) is 3.91. The van der Waals surface area contributed by atoms with Gasteiger partial charge in [0.25, 0.3) is 0 Å². The van der Waals surface area contributed by atoms with Crippen LogP contribution in [0.1, 0.15) is 33.6 Å². The Balaban J connectivity index is 2.54. The van der Waals surface area contributed by atoms with Crippen LogP contribution >= 0.6 is 0 Å². The molecule has 2 atom stereocenters. The molecule has 0 spiro atoms. The second-order valence-corrected chi connectivity index (χ2v) is 5.32. The Bertz CT molecular complexity index is 209. The lowest BCUT2D eigenvalue weighted by atomic mass is 9.81. The fraction of sp³-hybridized carbons (Fsp3) is 1.00. The standard InChI is InChI=1S/C13H28N2O2/c1-4-13(5-2,9-14-6-3)10-15-7-11(16)12(17)8-15/h11-12,14,16-17H,4-10H2,1-3H3. The van der Waals surface area contributed by atoms with Gasteiger partial charge in [-0.05, 0) is 24.8 Å². The summed E-state index contributed by atoms with van der Waals surface area (Å²) in [6, 6.07) is 0. The highest BCUT2D eigenvalue weighted by Crippen LogP contribution is 2.28. The summed E-state index contributed by atoms with van der Waals surface area (Å²) in [5.41, 5.74) is 0.264. The van der Waals surface area contributed by atoms with Crippen molar-refractivity contribution in [2.24, 2.45) is 5.41 Å². The predicted octanol–water partition coefficient (Wildman–Crippen LogP) is 0.440. The first-order chi connectivity index (χ1) is 8.06. The summed E-state index contributed by atoms with van der Waals surface area (Å²) in [5, 5.41) is 22.6. The largest absolute Gasteiger partial charge is 0.389 e. The second-order valence-electron chi connectivity index (χ2n) is 5.32. The molecule has 17 heavy (non-hydrogen) atoms. The summed E-state index contributed by atoms with van der Waals surface area (Å²) in [7, 11) is 0. The van der Waals surface area contributed by atoms with Crippen LogP contribution < -0.4 is 5.32 Å². The van der Waals surface area contributed by atoms with Crippen LogP contribution in [0.3, 0.4) is 0 Å². The number of nitrogens with one attached hydrogen (secondary N) is 1. The van der Waals surface area contributed by atoms with E-state index in [4.69, 9.17) is 0 Å². The Morgan fingerprint density at radius 1 is 1.12 bits per heavy atom. The number of aliphatic hydroxyl groups is 2. The zero-order chi connectivity index (χ0) is 12.9. The zero-order valence-corrected chi connectivity index (χ0v) is 11.4. The highest BCUT2D eigenvalue weighted by Gasteiger charge is 2.35. The molecule has 0 bridgehead atoms. The van der Waals surface area contributed by atoms with Gasteiger partial charge in [-0.25, -0.2) is 0 Å². The summed E-state index contributed by atoms with van der Waals surface area (Å²) < 4.78 is 0. The molecule has 1 aliphatic heterocycles. The molecule has 1 fully saturated rings. The smallest absolute Gasteiger partial charge is 0.0938 e. The Morgan fingerprint density at radius 3 is 2.06 bits per heavy atom. The third-order valence-electron chi connectivity index (χ3n) is 4.14. The first kappa shape index (κ1) is 14.9. The maximum Gasteiger partial charge on any atom is 0.0938 e. The molecule has 1 saturated heterocycles. The quantitative estimate of drug-likeness (QED) is 0.608. The number of nitrogens with zero attached hydrogens (tertiary/aromatic N) is 1. The highest BCUT2D eigenvalue weighted by molar-refractivity contribution is 4.89. The topological polar surface area (TPSA) is 55.7 Å². The van der Waals surface area contributed by atoms with Gasteiger partial charge in [0.1, 0.15) is 0 Å². The number of β-amino-alcohol motifs (C(OH)–C–C–N with tert-alkyl or cyclic N) is 2. The highest BCUT2D eigenvalue weighted by atomic mass is 16.3. The number of rotatable bonds is 7. The normalized spacial score (nSPS) is 26.6.